The maximum absolute atomic E-state index is 11.0. The van der Waals surface area contributed by atoms with Crippen LogP contribution in [-0.4, -0.2) is 18.8 Å². The number of hydrogen-bond donors (Lipinski definition) is 1. The first-order chi connectivity index (χ1) is 8.08. The Morgan fingerprint density at radius 1 is 1.47 bits per heavy atom. The highest BCUT2D eigenvalue weighted by Crippen LogP contribution is 2.24. The molecule has 1 aromatic rings. The van der Waals surface area contributed by atoms with Crippen molar-refractivity contribution in [2.45, 2.75) is 0 Å². The molecule has 0 saturated carbocycles. The summed E-state index contributed by atoms with van der Waals surface area (Å²) >= 11 is 11.5. The number of hydrogen-bond acceptors (Lipinski definition) is 5. The van der Waals surface area contributed by atoms with Crippen LogP contribution in [-0.2, 0) is 9.53 Å². The second kappa shape index (κ2) is 6.09. The summed E-state index contributed by atoms with van der Waals surface area (Å²) in [7, 11) is 1.16. The van der Waals surface area contributed by atoms with E-state index in [9.17, 15) is 4.79 Å². The molecule has 0 aromatic heterocycles. The minimum Gasteiger partial charge on any atom is -0.464 e. The third-order valence-electron chi connectivity index (χ3n) is 1.70. The molecule has 0 radical (unpaired) electrons. The first kappa shape index (κ1) is 13.3. The summed E-state index contributed by atoms with van der Waals surface area (Å²) in [5, 5.41) is 13.0. The topological polar surface area (TPSA) is 74.5 Å². The number of benzene rings is 1. The molecule has 1 N–H and O–H groups in total. The van der Waals surface area contributed by atoms with Gasteiger partial charge in [0.2, 0.25) is 5.71 Å². The third-order valence-corrected chi connectivity index (χ3v) is 2.44. The van der Waals surface area contributed by atoms with Crippen molar-refractivity contribution < 1.29 is 9.53 Å². The van der Waals surface area contributed by atoms with Crippen molar-refractivity contribution in [2.75, 3.05) is 12.5 Å². The predicted molar refractivity (Wildman–Crippen MR) is 65.1 cm³/mol. The number of nitrogens with one attached hydrogen (secondary N) is 1. The van der Waals surface area contributed by atoms with Gasteiger partial charge in [0, 0.05) is 0 Å². The largest absolute Gasteiger partial charge is 0.464 e. The lowest BCUT2D eigenvalue weighted by Crippen LogP contribution is -2.15. The van der Waals surface area contributed by atoms with Crippen LogP contribution in [0.3, 0.4) is 0 Å². The second-order valence-corrected chi connectivity index (χ2v) is 3.62. The molecule has 7 heteroatoms. The Bertz CT molecular complexity index is 509. The molecule has 0 amide bonds. The van der Waals surface area contributed by atoms with Gasteiger partial charge in [0.1, 0.15) is 6.07 Å². The Morgan fingerprint density at radius 3 is 2.71 bits per heavy atom. The standard InChI is InChI=1S/C10H7Cl2N3O2/c1-17-10(16)9(5-13)15-14-6-2-3-7(11)8(12)4-6/h2-4,14H,1H3/b15-9-. The van der Waals surface area contributed by atoms with Gasteiger partial charge >= 0.3 is 5.97 Å². The molecule has 0 saturated heterocycles. The summed E-state index contributed by atoms with van der Waals surface area (Å²) in [6.07, 6.45) is 0. The molecular weight excluding hydrogens is 265 g/mol. The Hall–Kier alpha value is -1.77. The SMILES string of the molecule is COC(=O)/C(C#N)=N\Nc1ccc(Cl)c(Cl)c1. The molecule has 0 atom stereocenters. The number of ether oxygens (including phenoxy) is 1. The molecule has 0 heterocycles. The van der Waals surface area contributed by atoms with Gasteiger partial charge in [0.25, 0.3) is 0 Å². The lowest BCUT2D eigenvalue weighted by atomic mass is 10.3. The maximum Gasteiger partial charge on any atom is 0.369 e. The predicted octanol–water partition coefficient (Wildman–Crippen LogP) is 2.46. The highest BCUT2D eigenvalue weighted by Gasteiger charge is 2.10. The first-order valence-electron chi connectivity index (χ1n) is 4.35. The van der Waals surface area contributed by atoms with Crippen LogP contribution in [0, 0.1) is 11.3 Å². The van der Waals surface area contributed by atoms with E-state index in [0.29, 0.717) is 15.7 Å². The molecule has 88 valence electrons. The van der Waals surface area contributed by atoms with Gasteiger partial charge in [-0.1, -0.05) is 23.2 Å². The number of rotatable bonds is 3. The summed E-state index contributed by atoms with van der Waals surface area (Å²) in [5.74, 6) is -0.819. The molecule has 5 nitrogen and oxygen atoms in total. The summed E-state index contributed by atoms with van der Waals surface area (Å²) in [5.41, 5.74) is 2.61. The van der Waals surface area contributed by atoms with E-state index in [4.69, 9.17) is 28.5 Å². The van der Waals surface area contributed by atoms with E-state index < -0.39 is 11.7 Å². The number of hydrazone groups is 1. The van der Waals surface area contributed by atoms with Gasteiger partial charge in [0.05, 0.1) is 22.8 Å². The van der Waals surface area contributed by atoms with Crippen molar-refractivity contribution in [3.8, 4) is 6.07 Å². The third kappa shape index (κ3) is 3.63. The Morgan fingerprint density at radius 2 is 2.18 bits per heavy atom. The van der Waals surface area contributed by atoms with Crippen LogP contribution in [0.1, 0.15) is 0 Å². The first-order valence-corrected chi connectivity index (χ1v) is 5.11. The molecule has 17 heavy (non-hydrogen) atoms. The molecule has 0 fully saturated rings. The van der Waals surface area contributed by atoms with Gasteiger partial charge in [-0.15, -0.1) is 0 Å². The quantitative estimate of drug-likeness (QED) is 0.521. The Labute approximate surface area is 108 Å². The van der Waals surface area contributed by atoms with E-state index in [2.05, 4.69) is 15.3 Å². The normalized spacial score (nSPS) is 10.6. The number of carbonyl (C=O) groups is 1. The highest BCUT2D eigenvalue weighted by atomic mass is 35.5. The lowest BCUT2D eigenvalue weighted by molar-refractivity contribution is -0.132. The Kier molecular flexibility index (Phi) is 4.76. The molecule has 0 aliphatic rings. The zero-order valence-electron chi connectivity index (χ0n) is 8.70. The molecule has 0 bridgehead atoms. The van der Waals surface area contributed by atoms with E-state index in [1.54, 1.807) is 18.2 Å². The molecule has 0 aliphatic carbocycles. The van der Waals surface area contributed by atoms with Crippen LogP contribution >= 0.6 is 23.2 Å². The zero-order valence-corrected chi connectivity index (χ0v) is 10.2. The number of carbonyl (C=O) groups excluding carboxylic acids is 1. The minimum absolute atomic E-state index is 0.337. The van der Waals surface area contributed by atoms with Gasteiger partial charge in [0.15, 0.2) is 0 Å². The number of esters is 1. The summed E-state index contributed by atoms with van der Waals surface area (Å²) in [6, 6.07) is 6.28. The van der Waals surface area contributed by atoms with Crippen molar-refractivity contribution in [3.05, 3.63) is 28.2 Å². The van der Waals surface area contributed by atoms with Crippen molar-refractivity contribution >= 4 is 40.6 Å². The maximum atomic E-state index is 11.0. The second-order valence-electron chi connectivity index (χ2n) is 2.80. The average Bonchev–Trinajstić information content (AvgIpc) is 2.33. The summed E-state index contributed by atoms with van der Waals surface area (Å²) in [6.45, 7) is 0. The van der Waals surface area contributed by atoms with Crippen LogP contribution < -0.4 is 5.43 Å². The van der Waals surface area contributed by atoms with Crippen LogP contribution in [0.4, 0.5) is 5.69 Å². The van der Waals surface area contributed by atoms with Gasteiger partial charge in [-0.3, -0.25) is 5.43 Å². The minimum atomic E-state index is -0.819. The van der Waals surface area contributed by atoms with Gasteiger partial charge in [-0.25, -0.2) is 4.79 Å². The van der Waals surface area contributed by atoms with Crippen molar-refractivity contribution in [1.29, 1.82) is 5.26 Å². The average molecular weight is 272 g/mol. The fourth-order valence-corrected chi connectivity index (χ4v) is 1.20. The number of halogens is 2. The van der Waals surface area contributed by atoms with E-state index in [1.807, 2.05) is 0 Å². The molecule has 0 unspecified atom stereocenters. The molecular formula is C10H7Cl2N3O2. The van der Waals surface area contributed by atoms with Crippen LogP contribution in [0.25, 0.3) is 0 Å². The summed E-state index contributed by atoms with van der Waals surface area (Å²) in [4.78, 5) is 11.0. The number of anilines is 1. The van der Waals surface area contributed by atoms with E-state index in [1.165, 1.54) is 6.07 Å². The van der Waals surface area contributed by atoms with Crippen molar-refractivity contribution in [2.24, 2.45) is 5.10 Å². The van der Waals surface area contributed by atoms with E-state index in [-0.39, 0.29) is 0 Å². The monoisotopic (exact) mass is 271 g/mol. The molecule has 0 aliphatic heterocycles. The zero-order chi connectivity index (χ0) is 12.8. The lowest BCUT2D eigenvalue weighted by Gasteiger charge is -2.02. The Balaban J connectivity index is 2.85. The van der Waals surface area contributed by atoms with E-state index >= 15 is 0 Å². The molecule has 1 rings (SSSR count). The van der Waals surface area contributed by atoms with Crippen molar-refractivity contribution in [3.63, 3.8) is 0 Å². The van der Waals surface area contributed by atoms with Crippen LogP contribution in [0.15, 0.2) is 23.3 Å². The molecule has 1 aromatic carbocycles. The fourth-order valence-electron chi connectivity index (χ4n) is 0.899. The van der Waals surface area contributed by atoms with Crippen molar-refractivity contribution in [1.82, 2.24) is 0 Å². The number of methoxy groups -OCH3 is 1. The number of nitriles is 1. The molecule has 0 spiro atoms. The van der Waals surface area contributed by atoms with Gasteiger partial charge in [-0.2, -0.15) is 10.4 Å². The smallest absolute Gasteiger partial charge is 0.369 e. The number of nitrogens with zero attached hydrogens (tertiary/aromatic N) is 2. The van der Waals surface area contributed by atoms with Gasteiger partial charge in [-0.05, 0) is 18.2 Å². The van der Waals surface area contributed by atoms with E-state index in [0.717, 1.165) is 7.11 Å². The van der Waals surface area contributed by atoms with Gasteiger partial charge < -0.3 is 4.74 Å². The summed E-state index contributed by atoms with van der Waals surface area (Å²) < 4.78 is 4.36. The van der Waals surface area contributed by atoms with Crippen LogP contribution in [0.5, 0.6) is 0 Å². The fraction of sp³-hybridized carbons (Fsp3) is 0.100. The van der Waals surface area contributed by atoms with Crippen LogP contribution in [0.2, 0.25) is 10.0 Å². The highest BCUT2D eigenvalue weighted by molar-refractivity contribution is 6.43.